The second kappa shape index (κ2) is 7.49. The molecule has 0 aliphatic carbocycles. The van der Waals surface area contributed by atoms with Crippen molar-refractivity contribution in [3.63, 3.8) is 0 Å². The Kier molecular flexibility index (Phi) is 5.31. The van der Waals surface area contributed by atoms with Gasteiger partial charge in [-0.25, -0.2) is 13.4 Å². The minimum absolute atomic E-state index is 0.0642. The summed E-state index contributed by atoms with van der Waals surface area (Å²) >= 11 is 0. The van der Waals surface area contributed by atoms with Crippen molar-refractivity contribution in [1.82, 2.24) is 9.97 Å². The van der Waals surface area contributed by atoms with E-state index in [9.17, 15) is 8.42 Å². The van der Waals surface area contributed by atoms with Crippen molar-refractivity contribution in [2.45, 2.75) is 32.4 Å². The number of hydrogen-bond acceptors (Lipinski definition) is 7. The first-order chi connectivity index (χ1) is 12.3. The Bertz CT molecular complexity index is 870. The van der Waals surface area contributed by atoms with Crippen molar-refractivity contribution in [2.75, 3.05) is 28.8 Å². The summed E-state index contributed by atoms with van der Waals surface area (Å²) in [5.74, 6) is 2.25. The first kappa shape index (κ1) is 18.4. The molecule has 1 aliphatic heterocycles. The first-order valence-corrected chi connectivity index (χ1v) is 10.5. The third kappa shape index (κ3) is 4.43. The zero-order valence-corrected chi connectivity index (χ0v) is 16.0. The maximum absolute atomic E-state index is 11.7. The number of hydrogen-bond donors (Lipinski definition) is 1. The SMILES string of the molecule is CC(C)Oc1ccccc1Nc1ccnc(N(C)C2CCS(=O)(=O)C2)n1. The molecule has 1 N–H and O–H groups in total. The van der Waals surface area contributed by atoms with Gasteiger partial charge in [0.15, 0.2) is 9.84 Å². The van der Waals surface area contributed by atoms with Gasteiger partial charge in [0.25, 0.3) is 0 Å². The minimum atomic E-state index is -2.95. The van der Waals surface area contributed by atoms with E-state index in [1.54, 1.807) is 12.3 Å². The van der Waals surface area contributed by atoms with E-state index in [4.69, 9.17) is 4.74 Å². The van der Waals surface area contributed by atoms with E-state index in [0.717, 1.165) is 11.4 Å². The molecule has 0 radical (unpaired) electrons. The molecule has 2 heterocycles. The van der Waals surface area contributed by atoms with E-state index >= 15 is 0 Å². The lowest BCUT2D eigenvalue weighted by Crippen LogP contribution is -2.33. The smallest absolute Gasteiger partial charge is 0.227 e. The highest BCUT2D eigenvalue weighted by Crippen LogP contribution is 2.28. The average Bonchev–Trinajstić information content (AvgIpc) is 2.96. The van der Waals surface area contributed by atoms with Gasteiger partial charge >= 0.3 is 0 Å². The summed E-state index contributed by atoms with van der Waals surface area (Å²) < 4.78 is 29.2. The molecule has 0 amide bonds. The lowest BCUT2D eigenvalue weighted by Gasteiger charge is -2.23. The van der Waals surface area contributed by atoms with Crippen LogP contribution in [0.5, 0.6) is 5.75 Å². The monoisotopic (exact) mass is 376 g/mol. The van der Waals surface area contributed by atoms with Gasteiger partial charge in [0, 0.05) is 19.3 Å². The maximum atomic E-state index is 11.7. The van der Waals surface area contributed by atoms with Crippen LogP contribution in [-0.4, -0.2) is 49.1 Å². The summed E-state index contributed by atoms with van der Waals surface area (Å²) in [5, 5.41) is 3.26. The predicted octanol–water partition coefficient (Wildman–Crippen LogP) is 2.63. The van der Waals surface area contributed by atoms with E-state index in [1.807, 2.05) is 50.1 Å². The molecule has 0 saturated carbocycles. The van der Waals surface area contributed by atoms with Gasteiger partial charge < -0.3 is 15.0 Å². The second-order valence-corrected chi connectivity index (χ2v) is 8.93. The number of nitrogens with one attached hydrogen (secondary N) is 1. The van der Waals surface area contributed by atoms with Crippen molar-refractivity contribution in [3.05, 3.63) is 36.5 Å². The van der Waals surface area contributed by atoms with Crippen LogP contribution in [0.2, 0.25) is 0 Å². The normalized spacial score (nSPS) is 18.7. The molecule has 1 aliphatic rings. The topological polar surface area (TPSA) is 84.4 Å². The number of rotatable bonds is 6. The third-order valence-corrected chi connectivity index (χ3v) is 5.98. The number of ether oxygens (including phenoxy) is 1. The molecular weight excluding hydrogens is 352 g/mol. The first-order valence-electron chi connectivity index (χ1n) is 8.63. The van der Waals surface area contributed by atoms with Crippen molar-refractivity contribution >= 4 is 27.3 Å². The molecule has 0 bridgehead atoms. The number of benzene rings is 1. The summed E-state index contributed by atoms with van der Waals surface area (Å²) in [4.78, 5) is 10.7. The summed E-state index contributed by atoms with van der Waals surface area (Å²) in [7, 11) is -1.12. The van der Waals surface area contributed by atoms with Gasteiger partial charge in [0.2, 0.25) is 5.95 Å². The van der Waals surface area contributed by atoms with E-state index in [0.29, 0.717) is 18.2 Å². The highest BCUT2D eigenvalue weighted by atomic mass is 32.2. The van der Waals surface area contributed by atoms with Crippen molar-refractivity contribution in [1.29, 1.82) is 0 Å². The number of sulfone groups is 1. The fourth-order valence-corrected chi connectivity index (χ4v) is 4.67. The number of nitrogens with zero attached hydrogens (tertiary/aromatic N) is 3. The van der Waals surface area contributed by atoms with Crippen LogP contribution < -0.4 is 15.0 Å². The van der Waals surface area contributed by atoms with E-state index in [1.165, 1.54) is 0 Å². The highest BCUT2D eigenvalue weighted by Gasteiger charge is 2.31. The van der Waals surface area contributed by atoms with E-state index in [-0.39, 0.29) is 23.7 Å². The van der Waals surface area contributed by atoms with Crippen LogP contribution in [-0.2, 0) is 9.84 Å². The fraction of sp³-hybridized carbons (Fsp3) is 0.444. The summed E-state index contributed by atoms with van der Waals surface area (Å²) in [5.41, 5.74) is 0.817. The Morgan fingerprint density at radius 1 is 1.27 bits per heavy atom. The molecule has 0 spiro atoms. The van der Waals surface area contributed by atoms with Crippen LogP contribution in [0.1, 0.15) is 20.3 Å². The maximum Gasteiger partial charge on any atom is 0.227 e. The highest BCUT2D eigenvalue weighted by molar-refractivity contribution is 7.91. The molecule has 7 nitrogen and oxygen atoms in total. The number of anilines is 3. The molecule has 1 atom stereocenters. The van der Waals surface area contributed by atoms with Crippen LogP contribution in [0.15, 0.2) is 36.5 Å². The van der Waals surface area contributed by atoms with Crippen molar-refractivity contribution < 1.29 is 13.2 Å². The van der Waals surface area contributed by atoms with Gasteiger partial charge in [-0.1, -0.05) is 12.1 Å². The van der Waals surface area contributed by atoms with Crippen LogP contribution in [0, 0.1) is 0 Å². The van der Waals surface area contributed by atoms with Crippen LogP contribution in [0.3, 0.4) is 0 Å². The van der Waals surface area contributed by atoms with Crippen LogP contribution in [0.4, 0.5) is 17.5 Å². The lowest BCUT2D eigenvalue weighted by atomic mass is 10.2. The summed E-state index contributed by atoms with van der Waals surface area (Å²) in [6, 6.07) is 9.35. The Hall–Kier alpha value is -2.35. The van der Waals surface area contributed by atoms with Gasteiger partial charge in [0.1, 0.15) is 11.6 Å². The van der Waals surface area contributed by atoms with E-state index in [2.05, 4.69) is 15.3 Å². The van der Waals surface area contributed by atoms with E-state index < -0.39 is 9.84 Å². The minimum Gasteiger partial charge on any atom is -0.489 e. The molecular formula is C18H24N4O3S. The lowest BCUT2D eigenvalue weighted by molar-refractivity contribution is 0.244. The molecule has 1 saturated heterocycles. The molecule has 1 aromatic carbocycles. The van der Waals surface area contributed by atoms with Gasteiger partial charge in [0.05, 0.1) is 23.3 Å². The molecule has 8 heteroatoms. The standard InChI is InChI=1S/C18H24N4O3S/c1-13(2)25-16-7-5-4-6-15(16)20-17-8-10-19-18(21-17)22(3)14-9-11-26(23,24)12-14/h4-8,10,13-14H,9,11-12H2,1-3H3,(H,19,20,21). The quantitative estimate of drug-likeness (QED) is 0.829. The largest absolute Gasteiger partial charge is 0.489 e. The Morgan fingerprint density at radius 3 is 2.73 bits per heavy atom. The molecule has 140 valence electrons. The van der Waals surface area contributed by atoms with Crippen molar-refractivity contribution in [2.24, 2.45) is 0 Å². The summed E-state index contributed by atoms with van der Waals surface area (Å²) in [6.07, 6.45) is 2.33. The Labute approximate surface area is 154 Å². The predicted molar refractivity (Wildman–Crippen MR) is 103 cm³/mol. The van der Waals surface area contributed by atoms with Crippen LogP contribution in [0.25, 0.3) is 0 Å². The Morgan fingerprint density at radius 2 is 2.04 bits per heavy atom. The van der Waals surface area contributed by atoms with Crippen molar-refractivity contribution in [3.8, 4) is 5.75 Å². The van der Waals surface area contributed by atoms with Crippen LogP contribution >= 0.6 is 0 Å². The number of aromatic nitrogens is 2. The van der Waals surface area contributed by atoms with Gasteiger partial charge in [-0.15, -0.1) is 0 Å². The summed E-state index contributed by atoms with van der Waals surface area (Å²) in [6.45, 7) is 3.95. The molecule has 2 aromatic rings. The Balaban J connectivity index is 1.78. The average molecular weight is 376 g/mol. The van der Waals surface area contributed by atoms with Gasteiger partial charge in [-0.2, -0.15) is 4.98 Å². The third-order valence-electron chi connectivity index (χ3n) is 4.23. The molecule has 1 fully saturated rings. The zero-order chi connectivity index (χ0) is 18.7. The molecule has 1 unspecified atom stereocenters. The fourth-order valence-electron chi connectivity index (χ4n) is 2.90. The molecule has 1 aromatic heterocycles. The molecule has 3 rings (SSSR count). The second-order valence-electron chi connectivity index (χ2n) is 6.70. The zero-order valence-electron chi connectivity index (χ0n) is 15.2. The van der Waals surface area contributed by atoms with Gasteiger partial charge in [-0.05, 0) is 38.5 Å². The molecule has 26 heavy (non-hydrogen) atoms. The number of para-hydroxylation sites is 2. The van der Waals surface area contributed by atoms with Gasteiger partial charge in [-0.3, -0.25) is 0 Å².